The zero-order valence-electron chi connectivity index (χ0n) is 12.3. The molecule has 0 radical (unpaired) electrons. The molecule has 0 aliphatic carbocycles. The Morgan fingerprint density at radius 3 is 2.28 bits per heavy atom. The Hall–Kier alpha value is -0.860. The summed E-state index contributed by atoms with van der Waals surface area (Å²) in [6.45, 7) is 11.7. The van der Waals surface area contributed by atoms with E-state index in [4.69, 9.17) is 5.73 Å². The van der Waals surface area contributed by atoms with Crippen molar-refractivity contribution in [2.75, 3.05) is 13.1 Å². The van der Waals surface area contributed by atoms with Gasteiger partial charge in [0.1, 0.15) is 0 Å². The fourth-order valence-electron chi connectivity index (χ4n) is 1.82. The molecule has 0 saturated carbocycles. The average Bonchev–Trinajstić information content (AvgIpc) is 2.33. The average molecular weight is 248 g/mol. The van der Waals surface area contributed by atoms with Crippen LogP contribution in [0.3, 0.4) is 0 Å². The lowest BCUT2D eigenvalue weighted by Gasteiger charge is -2.19. The van der Waals surface area contributed by atoms with Crippen molar-refractivity contribution in [2.24, 2.45) is 11.7 Å². The van der Waals surface area contributed by atoms with E-state index >= 15 is 0 Å². The van der Waals surface area contributed by atoms with E-state index in [1.165, 1.54) is 11.1 Å². The summed E-state index contributed by atoms with van der Waals surface area (Å²) in [5, 5.41) is 3.47. The molecule has 0 bridgehead atoms. The fourth-order valence-corrected chi connectivity index (χ4v) is 1.82. The third kappa shape index (κ3) is 5.19. The number of hydrogen-bond acceptors (Lipinski definition) is 2. The van der Waals surface area contributed by atoms with E-state index in [-0.39, 0.29) is 5.41 Å². The van der Waals surface area contributed by atoms with Gasteiger partial charge in [0.25, 0.3) is 0 Å². The van der Waals surface area contributed by atoms with Crippen molar-refractivity contribution in [3.8, 4) is 0 Å². The minimum Gasteiger partial charge on any atom is -0.330 e. The van der Waals surface area contributed by atoms with Gasteiger partial charge in [-0.1, -0.05) is 52.0 Å². The molecule has 0 amide bonds. The van der Waals surface area contributed by atoms with E-state index in [0.717, 1.165) is 26.1 Å². The first-order valence-electron chi connectivity index (χ1n) is 6.93. The van der Waals surface area contributed by atoms with E-state index in [1.807, 2.05) is 0 Å². The molecule has 0 fully saturated rings. The quantitative estimate of drug-likeness (QED) is 0.759. The molecular weight excluding hydrogens is 220 g/mol. The zero-order valence-corrected chi connectivity index (χ0v) is 12.3. The lowest BCUT2D eigenvalue weighted by Crippen LogP contribution is -2.20. The van der Waals surface area contributed by atoms with Crippen LogP contribution in [0.5, 0.6) is 0 Å². The van der Waals surface area contributed by atoms with Gasteiger partial charge in [-0.3, -0.25) is 0 Å². The Morgan fingerprint density at radius 1 is 1.17 bits per heavy atom. The van der Waals surface area contributed by atoms with Crippen molar-refractivity contribution >= 4 is 0 Å². The van der Waals surface area contributed by atoms with Crippen molar-refractivity contribution in [1.82, 2.24) is 5.32 Å². The number of nitrogens with one attached hydrogen (secondary N) is 1. The first-order valence-corrected chi connectivity index (χ1v) is 6.93. The van der Waals surface area contributed by atoms with E-state index in [1.54, 1.807) is 0 Å². The van der Waals surface area contributed by atoms with Crippen LogP contribution in [0.25, 0.3) is 0 Å². The van der Waals surface area contributed by atoms with E-state index in [2.05, 4.69) is 57.3 Å². The number of rotatable bonds is 6. The maximum absolute atomic E-state index is 5.59. The molecule has 0 saturated heterocycles. The van der Waals surface area contributed by atoms with Crippen LogP contribution in [0, 0.1) is 5.92 Å². The van der Waals surface area contributed by atoms with E-state index in [0.29, 0.717) is 5.92 Å². The monoisotopic (exact) mass is 248 g/mol. The minimum atomic E-state index is 0.239. The van der Waals surface area contributed by atoms with Gasteiger partial charge in [0.2, 0.25) is 0 Å². The maximum Gasteiger partial charge on any atom is 0.0205 e. The second-order valence-corrected chi connectivity index (χ2v) is 6.25. The molecule has 0 aliphatic heterocycles. The number of benzene rings is 1. The van der Waals surface area contributed by atoms with Crippen LogP contribution >= 0.6 is 0 Å². The van der Waals surface area contributed by atoms with Crippen LogP contribution in [0.15, 0.2) is 24.3 Å². The first-order chi connectivity index (χ1) is 8.43. The summed E-state index contributed by atoms with van der Waals surface area (Å²) < 4.78 is 0. The largest absolute Gasteiger partial charge is 0.330 e. The molecule has 18 heavy (non-hydrogen) atoms. The lowest BCUT2D eigenvalue weighted by atomic mass is 9.87. The standard InChI is InChI=1S/C16H28N2/c1-13(11-17)9-10-18-12-14-5-7-15(8-6-14)16(2,3)4/h5-8,13,18H,9-12,17H2,1-4H3. The van der Waals surface area contributed by atoms with Crippen molar-refractivity contribution in [3.63, 3.8) is 0 Å². The SMILES string of the molecule is CC(CN)CCNCc1ccc(C(C)(C)C)cc1. The third-order valence-electron chi connectivity index (χ3n) is 3.37. The van der Waals surface area contributed by atoms with Crippen molar-refractivity contribution in [1.29, 1.82) is 0 Å². The van der Waals surface area contributed by atoms with Gasteiger partial charge in [0, 0.05) is 6.54 Å². The molecule has 2 nitrogen and oxygen atoms in total. The lowest BCUT2D eigenvalue weighted by molar-refractivity contribution is 0.509. The van der Waals surface area contributed by atoms with Crippen LogP contribution in [-0.4, -0.2) is 13.1 Å². The molecule has 1 aromatic carbocycles. The molecule has 1 unspecified atom stereocenters. The van der Waals surface area contributed by atoms with E-state index in [9.17, 15) is 0 Å². The van der Waals surface area contributed by atoms with Crippen LogP contribution in [0.1, 0.15) is 45.2 Å². The van der Waals surface area contributed by atoms with Gasteiger partial charge in [-0.15, -0.1) is 0 Å². The Labute approximate surface area is 112 Å². The summed E-state index contributed by atoms with van der Waals surface area (Å²) in [4.78, 5) is 0. The van der Waals surface area contributed by atoms with Gasteiger partial charge in [0.05, 0.1) is 0 Å². The molecule has 1 atom stereocenters. The van der Waals surface area contributed by atoms with Gasteiger partial charge in [-0.05, 0) is 42.0 Å². The summed E-state index contributed by atoms with van der Waals surface area (Å²) >= 11 is 0. The molecule has 0 aliphatic rings. The molecule has 3 N–H and O–H groups in total. The van der Waals surface area contributed by atoms with Crippen LogP contribution in [0.2, 0.25) is 0 Å². The first kappa shape index (κ1) is 15.2. The third-order valence-corrected chi connectivity index (χ3v) is 3.37. The van der Waals surface area contributed by atoms with Crippen molar-refractivity contribution in [3.05, 3.63) is 35.4 Å². The summed E-state index contributed by atoms with van der Waals surface area (Å²) in [5.74, 6) is 0.612. The van der Waals surface area contributed by atoms with Gasteiger partial charge in [-0.2, -0.15) is 0 Å². The smallest absolute Gasteiger partial charge is 0.0205 e. The molecule has 0 heterocycles. The van der Waals surface area contributed by atoms with Crippen LogP contribution in [0.4, 0.5) is 0 Å². The highest BCUT2D eigenvalue weighted by atomic mass is 14.8. The number of nitrogens with two attached hydrogens (primary N) is 1. The summed E-state index contributed by atoms with van der Waals surface area (Å²) in [5.41, 5.74) is 8.58. The Morgan fingerprint density at radius 2 is 1.78 bits per heavy atom. The van der Waals surface area contributed by atoms with Crippen LogP contribution in [-0.2, 0) is 12.0 Å². The van der Waals surface area contributed by atoms with Crippen molar-refractivity contribution in [2.45, 2.75) is 46.1 Å². The Balaban J connectivity index is 2.36. The second-order valence-electron chi connectivity index (χ2n) is 6.25. The van der Waals surface area contributed by atoms with Gasteiger partial charge < -0.3 is 11.1 Å². The topological polar surface area (TPSA) is 38.0 Å². The summed E-state index contributed by atoms with van der Waals surface area (Å²) in [6.07, 6.45) is 1.15. The fraction of sp³-hybridized carbons (Fsp3) is 0.625. The highest BCUT2D eigenvalue weighted by molar-refractivity contribution is 5.27. The van der Waals surface area contributed by atoms with E-state index < -0.39 is 0 Å². The Bertz CT molecular complexity index is 335. The van der Waals surface area contributed by atoms with Crippen LogP contribution < -0.4 is 11.1 Å². The number of hydrogen-bond donors (Lipinski definition) is 2. The predicted molar refractivity (Wildman–Crippen MR) is 79.7 cm³/mol. The van der Waals surface area contributed by atoms with Gasteiger partial charge >= 0.3 is 0 Å². The predicted octanol–water partition coefficient (Wildman–Crippen LogP) is 3.06. The molecule has 2 heteroatoms. The van der Waals surface area contributed by atoms with Gasteiger partial charge in [-0.25, -0.2) is 0 Å². The zero-order chi connectivity index (χ0) is 13.6. The molecule has 0 spiro atoms. The molecular formula is C16H28N2. The summed E-state index contributed by atoms with van der Waals surface area (Å²) in [7, 11) is 0. The molecule has 1 rings (SSSR count). The highest BCUT2D eigenvalue weighted by Gasteiger charge is 2.12. The minimum absolute atomic E-state index is 0.239. The molecule has 0 aromatic heterocycles. The van der Waals surface area contributed by atoms with Crippen molar-refractivity contribution < 1.29 is 0 Å². The van der Waals surface area contributed by atoms with Gasteiger partial charge in [0.15, 0.2) is 0 Å². The second kappa shape index (κ2) is 6.91. The maximum atomic E-state index is 5.59. The Kier molecular flexibility index (Phi) is 5.83. The summed E-state index contributed by atoms with van der Waals surface area (Å²) in [6, 6.07) is 8.92. The molecule has 1 aromatic rings. The highest BCUT2D eigenvalue weighted by Crippen LogP contribution is 2.22. The normalized spacial score (nSPS) is 13.6. The molecule has 102 valence electrons.